The van der Waals surface area contributed by atoms with Crippen molar-refractivity contribution in [3.8, 4) is 11.5 Å². The van der Waals surface area contributed by atoms with Crippen LogP contribution in [0.1, 0.15) is 30.0 Å². The van der Waals surface area contributed by atoms with E-state index in [2.05, 4.69) is 0 Å². The van der Waals surface area contributed by atoms with Gasteiger partial charge in [-0.2, -0.15) is 0 Å². The number of hydrogen-bond donors (Lipinski definition) is 1. The number of furan rings is 1. The molecule has 1 saturated heterocycles. The van der Waals surface area contributed by atoms with E-state index in [0.29, 0.717) is 40.3 Å². The third-order valence-corrected chi connectivity index (χ3v) is 5.62. The van der Waals surface area contributed by atoms with Crippen LogP contribution in [0.2, 0.25) is 5.02 Å². The number of amides is 1. The van der Waals surface area contributed by atoms with Crippen LogP contribution < -0.4 is 14.4 Å². The fourth-order valence-corrected chi connectivity index (χ4v) is 4.02. The average molecular weight is 468 g/mol. The molecule has 1 aromatic heterocycles. The fourth-order valence-electron chi connectivity index (χ4n) is 3.82. The molecule has 1 atom stereocenters. The van der Waals surface area contributed by atoms with Crippen molar-refractivity contribution < 1.29 is 28.6 Å². The third-order valence-electron chi connectivity index (χ3n) is 5.31. The lowest BCUT2D eigenvalue weighted by atomic mass is 9.99. The number of anilines is 1. The van der Waals surface area contributed by atoms with E-state index < -0.39 is 17.7 Å². The first-order valence-corrected chi connectivity index (χ1v) is 10.7. The van der Waals surface area contributed by atoms with Crippen LogP contribution in [0.5, 0.6) is 11.5 Å². The normalized spacial score (nSPS) is 17.5. The summed E-state index contributed by atoms with van der Waals surface area (Å²) in [7, 11) is 1.45. The van der Waals surface area contributed by atoms with E-state index in [4.69, 9.17) is 25.5 Å². The molecule has 1 aliphatic heterocycles. The molecule has 8 heteroatoms. The number of halogens is 1. The molecule has 0 aliphatic carbocycles. The number of carbonyl (C=O) groups is 2. The summed E-state index contributed by atoms with van der Waals surface area (Å²) in [5.74, 6) is -0.153. The Labute approximate surface area is 195 Å². The van der Waals surface area contributed by atoms with Gasteiger partial charge in [0.1, 0.15) is 34.8 Å². The van der Waals surface area contributed by atoms with E-state index in [9.17, 15) is 14.7 Å². The summed E-state index contributed by atoms with van der Waals surface area (Å²) < 4.78 is 16.6. The van der Waals surface area contributed by atoms with Gasteiger partial charge >= 0.3 is 0 Å². The van der Waals surface area contributed by atoms with Crippen LogP contribution in [0, 0.1) is 6.92 Å². The van der Waals surface area contributed by atoms with Gasteiger partial charge in [-0.25, -0.2) is 0 Å². The minimum absolute atomic E-state index is 0.0967. The molecule has 1 amide bonds. The maximum Gasteiger partial charge on any atom is 0.300 e. The second kappa shape index (κ2) is 9.03. The zero-order valence-electron chi connectivity index (χ0n) is 18.3. The van der Waals surface area contributed by atoms with Gasteiger partial charge in [0.05, 0.1) is 24.3 Å². The van der Waals surface area contributed by atoms with Crippen LogP contribution in [0.15, 0.2) is 64.6 Å². The van der Waals surface area contributed by atoms with Crippen molar-refractivity contribution in [2.24, 2.45) is 0 Å². The van der Waals surface area contributed by atoms with Gasteiger partial charge in [-0.1, -0.05) is 17.7 Å². The summed E-state index contributed by atoms with van der Waals surface area (Å²) in [5, 5.41) is 11.5. The highest BCUT2D eigenvalue weighted by Gasteiger charge is 2.48. The molecule has 4 rings (SSSR count). The molecule has 0 bridgehead atoms. The molecule has 3 aromatic rings. The standard InChI is InChI=1S/C25H22ClNO6/c1-4-32-17-7-5-6-16(13-17)27-22(19-11-8-14(2)33-19)21(24(29)25(27)30)23(28)15-9-10-18(26)20(12-15)31-3/h5-13,22,28H,4H2,1-3H3/b23-21-. The van der Waals surface area contributed by atoms with E-state index in [1.54, 1.807) is 55.5 Å². The molecule has 7 nitrogen and oxygen atoms in total. The third kappa shape index (κ3) is 4.07. The minimum Gasteiger partial charge on any atom is -0.507 e. The lowest BCUT2D eigenvalue weighted by Crippen LogP contribution is -2.29. The fraction of sp³-hybridized carbons (Fsp3) is 0.200. The maximum atomic E-state index is 13.2. The second-order valence-corrected chi connectivity index (χ2v) is 7.80. The van der Waals surface area contributed by atoms with Crippen LogP contribution in [-0.2, 0) is 9.59 Å². The topological polar surface area (TPSA) is 89.2 Å². The summed E-state index contributed by atoms with van der Waals surface area (Å²) in [4.78, 5) is 27.7. The van der Waals surface area contributed by atoms with E-state index in [1.807, 2.05) is 6.92 Å². The first-order chi connectivity index (χ1) is 15.8. The van der Waals surface area contributed by atoms with Crippen molar-refractivity contribution in [1.29, 1.82) is 0 Å². The lowest BCUT2D eigenvalue weighted by molar-refractivity contribution is -0.132. The summed E-state index contributed by atoms with van der Waals surface area (Å²) in [6, 6.07) is 13.9. The highest BCUT2D eigenvalue weighted by atomic mass is 35.5. The second-order valence-electron chi connectivity index (χ2n) is 7.40. The number of methoxy groups -OCH3 is 1. The Balaban J connectivity index is 1.91. The van der Waals surface area contributed by atoms with E-state index in [1.165, 1.54) is 18.1 Å². The van der Waals surface area contributed by atoms with E-state index >= 15 is 0 Å². The molecule has 1 unspecified atom stereocenters. The van der Waals surface area contributed by atoms with Crippen molar-refractivity contribution in [3.63, 3.8) is 0 Å². The van der Waals surface area contributed by atoms with Gasteiger partial charge in [-0.3, -0.25) is 14.5 Å². The van der Waals surface area contributed by atoms with Gasteiger partial charge in [0.25, 0.3) is 11.7 Å². The number of ketones is 1. The number of aliphatic hydroxyl groups is 1. The van der Waals surface area contributed by atoms with Crippen molar-refractivity contribution in [3.05, 3.63) is 82.3 Å². The molecular weight excluding hydrogens is 446 g/mol. The van der Waals surface area contributed by atoms with Crippen molar-refractivity contribution in [1.82, 2.24) is 0 Å². The smallest absolute Gasteiger partial charge is 0.300 e. The Bertz CT molecular complexity index is 1260. The summed E-state index contributed by atoms with van der Waals surface area (Å²) in [6.07, 6.45) is 0. The molecule has 2 aromatic carbocycles. The number of hydrogen-bond acceptors (Lipinski definition) is 6. The van der Waals surface area contributed by atoms with Crippen molar-refractivity contribution in [2.75, 3.05) is 18.6 Å². The highest BCUT2D eigenvalue weighted by Crippen LogP contribution is 2.43. The Morgan fingerprint density at radius 1 is 1.15 bits per heavy atom. The monoisotopic (exact) mass is 467 g/mol. The molecule has 1 fully saturated rings. The predicted molar refractivity (Wildman–Crippen MR) is 124 cm³/mol. The van der Waals surface area contributed by atoms with Gasteiger partial charge in [0.2, 0.25) is 0 Å². The number of aryl methyl sites for hydroxylation is 1. The highest BCUT2D eigenvalue weighted by molar-refractivity contribution is 6.51. The number of Topliss-reactive ketones (excluding diaryl/α,β-unsaturated/α-hetero) is 1. The Morgan fingerprint density at radius 2 is 1.94 bits per heavy atom. The molecular formula is C25H22ClNO6. The number of benzene rings is 2. The van der Waals surface area contributed by atoms with Crippen molar-refractivity contribution in [2.45, 2.75) is 19.9 Å². The SMILES string of the molecule is CCOc1cccc(N2C(=O)C(=O)/C(=C(\O)c3ccc(Cl)c(OC)c3)C2c2ccc(C)o2)c1. The zero-order valence-corrected chi connectivity index (χ0v) is 19.1. The van der Waals surface area contributed by atoms with Crippen LogP contribution in [0.4, 0.5) is 5.69 Å². The average Bonchev–Trinajstić information content (AvgIpc) is 3.35. The summed E-state index contributed by atoms with van der Waals surface area (Å²) in [5.41, 5.74) is 0.626. The zero-order chi connectivity index (χ0) is 23.7. The predicted octanol–water partition coefficient (Wildman–Crippen LogP) is 5.28. The molecule has 170 valence electrons. The van der Waals surface area contributed by atoms with Gasteiger partial charge in [0.15, 0.2) is 0 Å². The van der Waals surface area contributed by atoms with Gasteiger partial charge in [-0.05, 0) is 56.3 Å². The Kier molecular flexibility index (Phi) is 6.16. The van der Waals surface area contributed by atoms with Crippen LogP contribution in [0.25, 0.3) is 5.76 Å². The molecule has 2 heterocycles. The Morgan fingerprint density at radius 3 is 2.61 bits per heavy atom. The first-order valence-electron chi connectivity index (χ1n) is 10.3. The minimum atomic E-state index is -0.975. The van der Waals surface area contributed by atoms with E-state index in [0.717, 1.165) is 0 Å². The Hall–Kier alpha value is -3.71. The van der Waals surface area contributed by atoms with Crippen LogP contribution >= 0.6 is 11.6 Å². The molecule has 0 spiro atoms. The molecule has 0 saturated carbocycles. The van der Waals surface area contributed by atoms with Crippen molar-refractivity contribution >= 4 is 34.7 Å². The first kappa shape index (κ1) is 22.5. The van der Waals surface area contributed by atoms with Crippen LogP contribution in [0.3, 0.4) is 0 Å². The number of carbonyl (C=O) groups excluding carboxylic acids is 2. The number of ether oxygens (including phenoxy) is 2. The molecule has 0 radical (unpaired) electrons. The summed E-state index contributed by atoms with van der Waals surface area (Å²) >= 11 is 6.10. The van der Waals surface area contributed by atoms with Gasteiger partial charge in [-0.15, -0.1) is 0 Å². The largest absolute Gasteiger partial charge is 0.507 e. The molecule has 33 heavy (non-hydrogen) atoms. The number of rotatable bonds is 6. The maximum absolute atomic E-state index is 13.2. The quantitative estimate of drug-likeness (QED) is 0.301. The molecule has 1 N–H and O–H groups in total. The van der Waals surface area contributed by atoms with Crippen LogP contribution in [-0.4, -0.2) is 30.5 Å². The lowest BCUT2D eigenvalue weighted by Gasteiger charge is -2.24. The van der Waals surface area contributed by atoms with E-state index in [-0.39, 0.29) is 16.9 Å². The molecule has 1 aliphatic rings. The van der Waals surface area contributed by atoms with Gasteiger partial charge < -0.3 is 19.0 Å². The number of aliphatic hydroxyl groups excluding tert-OH is 1. The summed E-state index contributed by atoms with van der Waals surface area (Å²) in [6.45, 7) is 4.06. The number of nitrogens with zero attached hydrogens (tertiary/aromatic N) is 1. The van der Waals surface area contributed by atoms with Gasteiger partial charge in [0, 0.05) is 17.3 Å².